The van der Waals surface area contributed by atoms with Gasteiger partial charge in [0, 0.05) is 12.6 Å². The second-order valence-corrected chi connectivity index (χ2v) is 3.48. The highest BCUT2D eigenvalue weighted by molar-refractivity contribution is 5.36. The molecule has 0 bridgehead atoms. The van der Waals surface area contributed by atoms with Gasteiger partial charge in [-0.25, -0.2) is 18.7 Å². The molecule has 1 N–H and O–H groups in total. The zero-order valence-electron chi connectivity index (χ0n) is 10.2. The van der Waals surface area contributed by atoms with Crippen molar-refractivity contribution < 1.29 is 18.3 Å². The molecule has 1 aromatic heterocycles. The molecule has 0 aliphatic rings. The van der Waals surface area contributed by atoms with Crippen LogP contribution in [0.5, 0.6) is 5.88 Å². The largest absolute Gasteiger partial charge is 0.478 e. The Hall–Kier alpha value is -1.50. The van der Waals surface area contributed by atoms with E-state index >= 15 is 0 Å². The van der Waals surface area contributed by atoms with E-state index in [2.05, 4.69) is 15.3 Å². The van der Waals surface area contributed by atoms with Crippen LogP contribution in [0.3, 0.4) is 0 Å². The minimum atomic E-state index is -2.43. The van der Waals surface area contributed by atoms with Crippen LogP contribution in [0.1, 0.15) is 13.3 Å². The molecule has 0 aliphatic heterocycles. The standard InChI is InChI=1S/C11H17F2N3O2/c1-2-4-18-11-6-10(15-8-16-11)14-3-5-17-7-9(12)13/h6,8-9H,2-5,7H2,1H3,(H,14,15,16). The first kappa shape index (κ1) is 14.6. The molecule has 0 radical (unpaired) electrons. The predicted octanol–water partition coefficient (Wildman–Crippen LogP) is 1.96. The summed E-state index contributed by atoms with van der Waals surface area (Å²) in [4.78, 5) is 7.92. The molecule has 0 atom stereocenters. The summed E-state index contributed by atoms with van der Waals surface area (Å²) in [7, 11) is 0. The molecule has 0 saturated carbocycles. The average molecular weight is 261 g/mol. The van der Waals surface area contributed by atoms with E-state index in [-0.39, 0.29) is 6.61 Å². The van der Waals surface area contributed by atoms with E-state index in [1.54, 1.807) is 6.07 Å². The third-order valence-corrected chi connectivity index (χ3v) is 1.89. The summed E-state index contributed by atoms with van der Waals surface area (Å²) < 4.78 is 33.6. The summed E-state index contributed by atoms with van der Waals surface area (Å²) in [6.07, 6.45) is -0.153. The normalized spacial score (nSPS) is 10.7. The highest BCUT2D eigenvalue weighted by atomic mass is 19.3. The maximum atomic E-state index is 11.8. The first-order valence-electron chi connectivity index (χ1n) is 5.77. The maximum Gasteiger partial charge on any atom is 0.261 e. The number of alkyl halides is 2. The summed E-state index contributed by atoms with van der Waals surface area (Å²) in [5.74, 6) is 1.07. The Balaban J connectivity index is 2.24. The van der Waals surface area contributed by atoms with Crippen LogP contribution in [0.15, 0.2) is 12.4 Å². The smallest absolute Gasteiger partial charge is 0.261 e. The zero-order chi connectivity index (χ0) is 13.2. The van der Waals surface area contributed by atoms with Gasteiger partial charge in [-0.1, -0.05) is 6.92 Å². The van der Waals surface area contributed by atoms with Crippen molar-refractivity contribution in [1.29, 1.82) is 0 Å². The Bertz CT molecular complexity index is 340. The van der Waals surface area contributed by atoms with Crippen LogP contribution in [0.25, 0.3) is 0 Å². The third kappa shape index (κ3) is 6.29. The fourth-order valence-corrected chi connectivity index (χ4v) is 1.15. The fraction of sp³-hybridized carbons (Fsp3) is 0.636. The molecular formula is C11H17F2N3O2. The van der Waals surface area contributed by atoms with Crippen LogP contribution in [-0.2, 0) is 4.74 Å². The van der Waals surface area contributed by atoms with Gasteiger partial charge in [-0.15, -0.1) is 0 Å². The second kappa shape index (κ2) is 8.57. The summed E-state index contributed by atoms with van der Waals surface area (Å²) in [6.45, 7) is 2.64. The lowest BCUT2D eigenvalue weighted by atomic mass is 10.5. The molecule has 1 aromatic rings. The molecule has 102 valence electrons. The Morgan fingerprint density at radius 1 is 1.33 bits per heavy atom. The molecule has 0 aromatic carbocycles. The third-order valence-electron chi connectivity index (χ3n) is 1.89. The topological polar surface area (TPSA) is 56.3 Å². The van der Waals surface area contributed by atoms with Gasteiger partial charge < -0.3 is 14.8 Å². The van der Waals surface area contributed by atoms with Crippen molar-refractivity contribution in [3.63, 3.8) is 0 Å². The highest BCUT2D eigenvalue weighted by Gasteiger charge is 2.02. The van der Waals surface area contributed by atoms with Crippen molar-refractivity contribution in [3.05, 3.63) is 12.4 Å². The number of aromatic nitrogens is 2. The first-order chi connectivity index (χ1) is 8.72. The van der Waals surface area contributed by atoms with Gasteiger partial charge in [-0.3, -0.25) is 0 Å². The van der Waals surface area contributed by atoms with Gasteiger partial charge in [-0.05, 0) is 6.42 Å². The van der Waals surface area contributed by atoms with Gasteiger partial charge in [-0.2, -0.15) is 0 Å². The van der Waals surface area contributed by atoms with Crippen molar-refractivity contribution in [3.8, 4) is 5.88 Å². The van der Waals surface area contributed by atoms with E-state index in [1.807, 2.05) is 6.92 Å². The lowest BCUT2D eigenvalue weighted by Crippen LogP contribution is -2.13. The molecule has 7 heteroatoms. The quantitative estimate of drug-likeness (QED) is 0.689. The van der Waals surface area contributed by atoms with Gasteiger partial charge in [0.15, 0.2) is 0 Å². The SMILES string of the molecule is CCCOc1cc(NCCOCC(F)F)ncn1. The molecule has 1 heterocycles. The Labute approximate surface area is 105 Å². The van der Waals surface area contributed by atoms with Crippen LogP contribution in [0.2, 0.25) is 0 Å². The number of rotatable bonds is 9. The zero-order valence-corrected chi connectivity index (χ0v) is 10.2. The Morgan fingerprint density at radius 2 is 2.17 bits per heavy atom. The van der Waals surface area contributed by atoms with E-state index in [0.717, 1.165) is 6.42 Å². The molecule has 5 nitrogen and oxygen atoms in total. The molecule has 0 fully saturated rings. The monoisotopic (exact) mass is 261 g/mol. The van der Waals surface area contributed by atoms with Crippen molar-refractivity contribution >= 4 is 5.82 Å². The van der Waals surface area contributed by atoms with Crippen LogP contribution in [0, 0.1) is 0 Å². The lowest BCUT2D eigenvalue weighted by molar-refractivity contribution is 0.0215. The molecular weight excluding hydrogens is 244 g/mol. The van der Waals surface area contributed by atoms with Crippen LogP contribution >= 0.6 is 0 Å². The van der Waals surface area contributed by atoms with Crippen molar-refractivity contribution in [2.24, 2.45) is 0 Å². The number of halogens is 2. The van der Waals surface area contributed by atoms with Crippen molar-refractivity contribution in [2.45, 2.75) is 19.8 Å². The van der Waals surface area contributed by atoms with Gasteiger partial charge in [0.2, 0.25) is 5.88 Å². The number of hydrogen-bond donors (Lipinski definition) is 1. The van der Waals surface area contributed by atoms with Crippen molar-refractivity contribution in [1.82, 2.24) is 9.97 Å². The molecule has 0 amide bonds. The number of nitrogens with zero attached hydrogens (tertiary/aromatic N) is 2. The predicted molar refractivity (Wildman–Crippen MR) is 63.1 cm³/mol. The van der Waals surface area contributed by atoms with E-state index < -0.39 is 13.0 Å². The molecule has 0 aliphatic carbocycles. The number of nitrogens with one attached hydrogen (secondary N) is 1. The van der Waals surface area contributed by atoms with E-state index in [1.165, 1.54) is 6.33 Å². The Morgan fingerprint density at radius 3 is 2.89 bits per heavy atom. The maximum absolute atomic E-state index is 11.8. The van der Waals surface area contributed by atoms with Gasteiger partial charge in [0.05, 0.1) is 13.2 Å². The van der Waals surface area contributed by atoms with E-state index in [4.69, 9.17) is 9.47 Å². The van der Waals surface area contributed by atoms with Crippen LogP contribution in [0.4, 0.5) is 14.6 Å². The summed E-state index contributed by atoms with van der Waals surface area (Å²) in [5, 5.41) is 2.93. The van der Waals surface area contributed by atoms with Gasteiger partial charge in [0.25, 0.3) is 6.43 Å². The Kier molecular flexibility index (Phi) is 6.93. The fourth-order valence-electron chi connectivity index (χ4n) is 1.15. The van der Waals surface area contributed by atoms with E-state index in [9.17, 15) is 8.78 Å². The van der Waals surface area contributed by atoms with Crippen molar-refractivity contribution in [2.75, 3.05) is 31.7 Å². The molecule has 0 saturated heterocycles. The molecule has 18 heavy (non-hydrogen) atoms. The van der Waals surface area contributed by atoms with Gasteiger partial charge >= 0.3 is 0 Å². The summed E-state index contributed by atoms with van der Waals surface area (Å²) >= 11 is 0. The van der Waals surface area contributed by atoms with Crippen LogP contribution < -0.4 is 10.1 Å². The minimum absolute atomic E-state index is 0.194. The molecule has 0 spiro atoms. The molecule has 0 unspecified atom stereocenters. The second-order valence-electron chi connectivity index (χ2n) is 3.48. The van der Waals surface area contributed by atoms with Crippen LogP contribution in [-0.4, -0.2) is 42.8 Å². The first-order valence-corrected chi connectivity index (χ1v) is 5.77. The lowest BCUT2D eigenvalue weighted by Gasteiger charge is -2.08. The summed E-state index contributed by atoms with van der Waals surface area (Å²) in [5.41, 5.74) is 0. The summed E-state index contributed by atoms with van der Waals surface area (Å²) in [6, 6.07) is 1.66. The molecule has 1 rings (SSSR count). The average Bonchev–Trinajstić information content (AvgIpc) is 2.36. The van der Waals surface area contributed by atoms with E-state index in [0.29, 0.717) is 24.8 Å². The number of hydrogen-bond acceptors (Lipinski definition) is 5. The number of ether oxygens (including phenoxy) is 2. The minimum Gasteiger partial charge on any atom is -0.478 e. The highest BCUT2D eigenvalue weighted by Crippen LogP contribution is 2.10. The number of anilines is 1. The van der Waals surface area contributed by atoms with Gasteiger partial charge in [0.1, 0.15) is 18.8 Å².